The third-order valence-corrected chi connectivity index (χ3v) is 1.75. The summed E-state index contributed by atoms with van der Waals surface area (Å²) in [7, 11) is 0. The third-order valence-electron chi connectivity index (χ3n) is 1.75. The topological polar surface area (TPSA) is 35.5 Å². The Kier molecular flexibility index (Phi) is 4.31. The van der Waals surface area contributed by atoms with Gasteiger partial charge in [-0.3, -0.25) is 0 Å². The van der Waals surface area contributed by atoms with Gasteiger partial charge in [0.15, 0.2) is 0 Å². The lowest BCUT2D eigenvalue weighted by Crippen LogP contribution is -2.21. The van der Waals surface area contributed by atoms with E-state index in [9.17, 15) is 4.79 Å². The van der Waals surface area contributed by atoms with E-state index in [1.807, 2.05) is 19.9 Å². The molecule has 0 aliphatic heterocycles. The van der Waals surface area contributed by atoms with Gasteiger partial charge in [-0.2, -0.15) is 0 Å². The van der Waals surface area contributed by atoms with Gasteiger partial charge in [0.1, 0.15) is 0 Å². The van der Waals surface area contributed by atoms with Gasteiger partial charge >= 0.3 is 5.97 Å². The molecule has 0 radical (unpaired) electrons. The second-order valence-corrected chi connectivity index (χ2v) is 3.52. The largest absolute Gasteiger partial charge is 0.432 e. The van der Waals surface area contributed by atoms with Crippen LogP contribution in [0.2, 0.25) is 0 Å². The van der Waals surface area contributed by atoms with E-state index in [1.54, 1.807) is 31.2 Å². The molecular formula is C12H16O3. The van der Waals surface area contributed by atoms with Crippen molar-refractivity contribution in [1.82, 2.24) is 0 Å². The van der Waals surface area contributed by atoms with Crippen LogP contribution in [-0.2, 0) is 9.47 Å². The number of rotatable bonds is 4. The molecule has 3 heteroatoms. The van der Waals surface area contributed by atoms with Gasteiger partial charge in [0.2, 0.25) is 6.29 Å². The van der Waals surface area contributed by atoms with E-state index in [0.29, 0.717) is 5.56 Å². The van der Waals surface area contributed by atoms with Crippen molar-refractivity contribution in [1.29, 1.82) is 0 Å². The molecule has 0 aliphatic rings. The Balaban J connectivity index is 2.49. The lowest BCUT2D eigenvalue weighted by molar-refractivity contribution is -0.120. The zero-order valence-corrected chi connectivity index (χ0v) is 9.27. The van der Waals surface area contributed by atoms with Crippen LogP contribution in [0.3, 0.4) is 0 Å². The minimum atomic E-state index is -0.516. The minimum absolute atomic E-state index is 0.0450. The van der Waals surface area contributed by atoms with Crippen LogP contribution >= 0.6 is 0 Å². The molecule has 0 spiro atoms. The molecule has 0 aromatic heterocycles. The average molecular weight is 208 g/mol. The van der Waals surface area contributed by atoms with Crippen molar-refractivity contribution in [3.63, 3.8) is 0 Å². The quantitative estimate of drug-likeness (QED) is 0.563. The van der Waals surface area contributed by atoms with Crippen LogP contribution in [0.1, 0.15) is 31.1 Å². The second-order valence-electron chi connectivity index (χ2n) is 3.52. The normalized spacial score (nSPS) is 12.5. The Morgan fingerprint density at radius 2 is 1.73 bits per heavy atom. The molecule has 0 N–H and O–H groups in total. The van der Waals surface area contributed by atoms with Crippen molar-refractivity contribution < 1.29 is 14.3 Å². The number of esters is 1. The van der Waals surface area contributed by atoms with Crippen LogP contribution in [0.4, 0.5) is 0 Å². The molecule has 1 atom stereocenters. The van der Waals surface area contributed by atoms with Gasteiger partial charge in [-0.05, 0) is 32.9 Å². The maximum atomic E-state index is 11.5. The van der Waals surface area contributed by atoms with Gasteiger partial charge in [0.05, 0.1) is 11.7 Å². The monoisotopic (exact) mass is 208 g/mol. The van der Waals surface area contributed by atoms with Crippen LogP contribution in [-0.4, -0.2) is 18.4 Å². The molecule has 3 nitrogen and oxygen atoms in total. The maximum absolute atomic E-state index is 11.5. The number of benzene rings is 1. The number of hydrogen-bond acceptors (Lipinski definition) is 3. The summed E-state index contributed by atoms with van der Waals surface area (Å²) in [6.07, 6.45) is -0.471. The summed E-state index contributed by atoms with van der Waals surface area (Å²) in [5.41, 5.74) is 0.539. The fourth-order valence-corrected chi connectivity index (χ4v) is 1.20. The number of hydrogen-bond donors (Lipinski definition) is 0. The molecule has 82 valence electrons. The predicted molar refractivity (Wildman–Crippen MR) is 57.5 cm³/mol. The van der Waals surface area contributed by atoms with Crippen molar-refractivity contribution in [3.8, 4) is 0 Å². The highest BCUT2D eigenvalue weighted by Gasteiger charge is 2.12. The van der Waals surface area contributed by atoms with E-state index < -0.39 is 6.29 Å². The van der Waals surface area contributed by atoms with Crippen molar-refractivity contribution >= 4 is 5.97 Å². The summed E-state index contributed by atoms with van der Waals surface area (Å²) in [6, 6.07) is 8.87. The molecule has 0 heterocycles. The molecule has 1 rings (SSSR count). The van der Waals surface area contributed by atoms with Crippen molar-refractivity contribution in [2.75, 3.05) is 0 Å². The van der Waals surface area contributed by atoms with E-state index in [2.05, 4.69) is 0 Å². The molecule has 0 saturated carbocycles. The van der Waals surface area contributed by atoms with Crippen LogP contribution in [0.5, 0.6) is 0 Å². The molecular weight excluding hydrogens is 192 g/mol. The van der Waals surface area contributed by atoms with E-state index in [0.717, 1.165) is 0 Å². The Morgan fingerprint density at radius 3 is 2.27 bits per heavy atom. The zero-order valence-electron chi connectivity index (χ0n) is 9.27. The minimum Gasteiger partial charge on any atom is -0.432 e. The molecule has 15 heavy (non-hydrogen) atoms. The summed E-state index contributed by atoms with van der Waals surface area (Å²) >= 11 is 0. The molecule has 0 saturated heterocycles. The van der Waals surface area contributed by atoms with Crippen molar-refractivity contribution in [2.45, 2.75) is 33.2 Å². The zero-order chi connectivity index (χ0) is 11.3. The standard InChI is InChI=1S/C12H16O3/c1-9(2)14-10(3)15-12(13)11-7-5-4-6-8-11/h4-10H,1-3H3. The summed E-state index contributed by atoms with van der Waals surface area (Å²) < 4.78 is 10.4. The second kappa shape index (κ2) is 5.51. The first-order valence-corrected chi connectivity index (χ1v) is 5.01. The third kappa shape index (κ3) is 4.13. The van der Waals surface area contributed by atoms with Crippen LogP contribution < -0.4 is 0 Å². The predicted octanol–water partition coefficient (Wildman–Crippen LogP) is 2.61. The Morgan fingerprint density at radius 1 is 1.13 bits per heavy atom. The van der Waals surface area contributed by atoms with Crippen LogP contribution in [0.15, 0.2) is 30.3 Å². The lowest BCUT2D eigenvalue weighted by Gasteiger charge is -2.16. The molecule has 1 unspecified atom stereocenters. The average Bonchev–Trinajstić information content (AvgIpc) is 2.17. The van der Waals surface area contributed by atoms with Gasteiger partial charge < -0.3 is 9.47 Å². The van der Waals surface area contributed by atoms with Gasteiger partial charge in [-0.15, -0.1) is 0 Å². The first-order chi connectivity index (χ1) is 7.09. The lowest BCUT2D eigenvalue weighted by atomic mass is 10.2. The van der Waals surface area contributed by atoms with Gasteiger partial charge in [0, 0.05) is 0 Å². The van der Waals surface area contributed by atoms with Gasteiger partial charge in [0.25, 0.3) is 0 Å². The molecule has 0 amide bonds. The molecule has 0 aliphatic carbocycles. The fraction of sp³-hybridized carbons (Fsp3) is 0.417. The molecule has 0 fully saturated rings. The highest BCUT2D eigenvalue weighted by Crippen LogP contribution is 2.05. The summed E-state index contributed by atoms with van der Waals surface area (Å²) in [5.74, 6) is -0.358. The maximum Gasteiger partial charge on any atom is 0.340 e. The van der Waals surface area contributed by atoms with Crippen LogP contribution in [0, 0.1) is 0 Å². The van der Waals surface area contributed by atoms with Crippen molar-refractivity contribution in [3.05, 3.63) is 35.9 Å². The smallest absolute Gasteiger partial charge is 0.340 e. The summed E-state index contributed by atoms with van der Waals surface area (Å²) in [4.78, 5) is 11.5. The van der Waals surface area contributed by atoms with E-state index >= 15 is 0 Å². The van der Waals surface area contributed by atoms with Crippen LogP contribution in [0.25, 0.3) is 0 Å². The Labute approximate surface area is 90.0 Å². The highest BCUT2D eigenvalue weighted by atomic mass is 16.7. The Bertz CT molecular complexity index is 306. The van der Waals surface area contributed by atoms with E-state index in [1.165, 1.54) is 0 Å². The van der Waals surface area contributed by atoms with E-state index in [-0.39, 0.29) is 12.1 Å². The SMILES string of the molecule is CC(C)OC(C)OC(=O)c1ccccc1. The fourth-order valence-electron chi connectivity index (χ4n) is 1.20. The molecule has 1 aromatic carbocycles. The Hall–Kier alpha value is -1.35. The first-order valence-electron chi connectivity index (χ1n) is 5.01. The van der Waals surface area contributed by atoms with Gasteiger partial charge in [-0.25, -0.2) is 4.79 Å². The first kappa shape index (κ1) is 11.7. The van der Waals surface area contributed by atoms with Crippen molar-refractivity contribution in [2.24, 2.45) is 0 Å². The summed E-state index contributed by atoms with van der Waals surface area (Å²) in [6.45, 7) is 5.50. The van der Waals surface area contributed by atoms with E-state index in [4.69, 9.17) is 9.47 Å². The number of carbonyl (C=O) groups is 1. The number of carbonyl (C=O) groups excluding carboxylic acids is 1. The summed E-state index contributed by atoms with van der Waals surface area (Å²) in [5, 5.41) is 0. The molecule has 0 bridgehead atoms. The highest BCUT2D eigenvalue weighted by molar-refractivity contribution is 5.89. The number of ether oxygens (including phenoxy) is 2. The molecule has 1 aromatic rings. The van der Waals surface area contributed by atoms with Gasteiger partial charge in [-0.1, -0.05) is 18.2 Å².